The van der Waals surface area contributed by atoms with Crippen LogP contribution < -0.4 is 0 Å². The van der Waals surface area contributed by atoms with Gasteiger partial charge in [-0.05, 0) is 47.4 Å². The number of nitrogens with one attached hydrogen (secondary N) is 1. The number of fused-ring (bicyclic) bond motifs is 1. The Bertz CT molecular complexity index is 1330. The van der Waals surface area contributed by atoms with Gasteiger partial charge in [-0.2, -0.15) is 5.26 Å². The molecule has 2 aromatic heterocycles. The molecule has 0 amide bonds. The second-order valence-corrected chi connectivity index (χ2v) is 7.65. The first kappa shape index (κ1) is 21.0. The molecule has 4 aromatic rings. The number of para-hydroxylation sites is 2. The Morgan fingerprint density at radius 1 is 1.19 bits per heavy atom. The predicted molar refractivity (Wildman–Crippen MR) is 121 cm³/mol. The molecule has 0 aliphatic carbocycles. The Morgan fingerprint density at radius 2 is 1.97 bits per heavy atom. The van der Waals surface area contributed by atoms with Gasteiger partial charge in [0.25, 0.3) is 0 Å². The number of H-pyrrole nitrogens is 1. The van der Waals surface area contributed by atoms with Crippen LogP contribution in [-0.2, 0) is 9.53 Å². The van der Waals surface area contributed by atoms with Crippen LogP contribution in [0.1, 0.15) is 16.3 Å². The SMILES string of the molecule is N#C/C(=C(/O)COC(=O)C(=Cc1ccc(F)cc1)c1cccs1)c1nc2ccccc2[nH]1. The van der Waals surface area contributed by atoms with Crippen molar-refractivity contribution >= 4 is 45.6 Å². The van der Waals surface area contributed by atoms with Crippen molar-refractivity contribution in [3.05, 3.63) is 93.9 Å². The third kappa shape index (κ3) is 4.58. The number of esters is 1. The predicted octanol–water partition coefficient (Wildman–Crippen LogP) is 5.34. The summed E-state index contributed by atoms with van der Waals surface area (Å²) in [6.45, 7) is -0.509. The molecule has 32 heavy (non-hydrogen) atoms. The molecule has 158 valence electrons. The molecule has 0 bridgehead atoms. The quantitative estimate of drug-likeness (QED) is 0.181. The van der Waals surface area contributed by atoms with Crippen LogP contribution in [-0.4, -0.2) is 27.7 Å². The molecular formula is C24H16FN3O3S. The van der Waals surface area contributed by atoms with Gasteiger partial charge in [0, 0.05) is 4.88 Å². The number of imidazole rings is 1. The van der Waals surface area contributed by atoms with Crippen LogP contribution in [0.3, 0.4) is 0 Å². The minimum atomic E-state index is -0.690. The number of aliphatic hydroxyl groups excluding tert-OH is 1. The summed E-state index contributed by atoms with van der Waals surface area (Å²) < 4.78 is 18.5. The zero-order valence-corrected chi connectivity index (χ0v) is 17.4. The Morgan fingerprint density at radius 3 is 2.66 bits per heavy atom. The van der Waals surface area contributed by atoms with Gasteiger partial charge in [-0.3, -0.25) is 0 Å². The maximum Gasteiger partial charge on any atom is 0.340 e. The molecule has 0 fully saturated rings. The molecule has 0 spiro atoms. The number of nitrogens with zero attached hydrogens (tertiary/aromatic N) is 2. The molecule has 0 aliphatic rings. The van der Waals surface area contributed by atoms with Crippen molar-refractivity contribution in [3.8, 4) is 6.07 Å². The van der Waals surface area contributed by atoms with Gasteiger partial charge in [0.2, 0.25) is 0 Å². The number of aromatic amines is 1. The lowest BCUT2D eigenvalue weighted by atomic mass is 10.1. The topological polar surface area (TPSA) is 99.0 Å². The van der Waals surface area contributed by atoms with Gasteiger partial charge in [-0.25, -0.2) is 14.2 Å². The van der Waals surface area contributed by atoms with Gasteiger partial charge in [-0.1, -0.05) is 30.3 Å². The summed E-state index contributed by atoms with van der Waals surface area (Å²) in [5, 5.41) is 21.8. The Kier molecular flexibility index (Phi) is 6.10. The summed E-state index contributed by atoms with van der Waals surface area (Å²) >= 11 is 1.34. The Hall–Kier alpha value is -4.22. The van der Waals surface area contributed by atoms with Gasteiger partial charge in [-0.15, -0.1) is 11.3 Å². The van der Waals surface area contributed by atoms with Crippen LogP contribution in [0.25, 0.3) is 28.3 Å². The van der Waals surface area contributed by atoms with E-state index < -0.39 is 18.3 Å². The summed E-state index contributed by atoms with van der Waals surface area (Å²) in [5.74, 6) is -1.31. The van der Waals surface area contributed by atoms with E-state index in [4.69, 9.17) is 4.74 Å². The molecule has 6 nitrogen and oxygen atoms in total. The van der Waals surface area contributed by atoms with Gasteiger partial charge < -0.3 is 14.8 Å². The van der Waals surface area contributed by atoms with Crippen molar-refractivity contribution in [3.63, 3.8) is 0 Å². The van der Waals surface area contributed by atoms with Gasteiger partial charge in [0.1, 0.15) is 24.1 Å². The maximum atomic E-state index is 13.2. The molecule has 0 aliphatic heterocycles. The van der Waals surface area contributed by atoms with E-state index in [9.17, 15) is 19.6 Å². The third-order valence-corrected chi connectivity index (χ3v) is 5.46. The van der Waals surface area contributed by atoms with Crippen LogP contribution in [0.2, 0.25) is 0 Å². The number of hydrogen-bond acceptors (Lipinski definition) is 6. The molecule has 2 aromatic carbocycles. The number of thiophene rings is 1. The van der Waals surface area contributed by atoms with Crippen LogP contribution in [0.4, 0.5) is 4.39 Å². The van der Waals surface area contributed by atoms with E-state index in [1.165, 1.54) is 23.5 Å². The molecule has 2 N–H and O–H groups in total. The number of aromatic nitrogens is 2. The number of rotatable bonds is 6. The van der Waals surface area contributed by atoms with E-state index in [0.717, 1.165) is 0 Å². The highest BCUT2D eigenvalue weighted by molar-refractivity contribution is 7.11. The third-order valence-electron chi connectivity index (χ3n) is 4.55. The van der Waals surface area contributed by atoms with Crippen LogP contribution >= 0.6 is 11.3 Å². The van der Waals surface area contributed by atoms with E-state index in [2.05, 4.69) is 9.97 Å². The number of hydrogen-bond donors (Lipinski definition) is 2. The average molecular weight is 445 g/mol. The highest BCUT2D eigenvalue weighted by Crippen LogP contribution is 2.25. The standard InChI is InChI=1S/C24H16FN3O3S/c25-16-9-7-15(8-10-16)12-17(22-6-3-11-32-22)24(30)31-14-21(29)18(13-26)23-27-19-4-1-2-5-20(19)28-23/h1-12,29H,14H2,(H,27,28)/b17-12?,21-18-. The second kappa shape index (κ2) is 9.29. The van der Waals surface area contributed by atoms with Crippen molar-refractivity contribution < 1.29 is 19.0 Å². The lowest BCUT2D eigenvalue weighted by Crippen LogP contribution is -2.10. The fraction of sp³-hybridized carbons (Fsp3) is 0.0417. The summed E-state index contributed by atoms with van der Waals surface area (Å²) in [6, 6.07) is 18.3. The van der Waals surface area contributed by atoms with Gasteiger partial charge in [0.15, 0.2) is 11.6 Å². The summed E-state index contributed by atoms with van der Waals surface area (Å²) in [5.41, 5.74) is 2.10. The first-order chi connectivity index (χ1) is 15.5. The molecule has 2 heterocycles. The number of halogens is 1. The number of allylic oxidation sites excluding steroid dienone is 1. The number of aliphatic hydroxyl groups is 1. The first-order valence-electron chi connectivity index (χ1n) is 9.51. The monoisotopic (exact) mass is 445 g/mol. The lowest BCUT2D eigenvalue weighted by molar-refractivity contribution is -0.136. The van der Waals surface area contributed by atoms with Crippen LogP contribution in [0.5, 0.6) is 0 Å². The lowest BCUT2D eigenvalue weighted by Gasteiger charge is -2.08. The molecule has 0 atom stereocenters. The summed E-state index contributed by atoms with van der Waals surface area (Å²) in [4.78, 5) is 20.7. The van der Waals surface area contributed by atoms with Crippen LogP contribution in [0, 0.1) is 17.1 Å². The van der Waals surface area contributed by atoms with Crippen molar-refractivity contribution in [2.24, 2.45) is 0 Å². The first-order valence-corrected chi connectivity index (χ1v) is 10.4. The fourth-order valence-corrected chi connectivity index (χ4v) is 3.73. The molecule has 8 heteroatoms. The van der Waals surface area contributed by atoms with Crippen molar-refractivity contribution in [1.82, 2.24) is 9.97 Å². The number of carbonyl (C=O) groups is 1. The fourth-order valence-electron chi connectivity index (χ4n) is 3.00. The zero-order chi connectivity index (χ0) is 22.5. The number of nitriles is 1. The average Bonchev–Trinajstić information content (AvgIpc) is 3.47. The van der Waals surface area contributed by atoms with Crippen LogP contribution in [0.15, 0.2) is 71.8 Å². The second-order valence-electron chi connectivity index (χ2n) is 6.70. The van der Waals surface area contributed by atoms with E-state index >= 15 is 0 Å². The smallest absolute Gasteiger partial charge is 0.340 e. The van der Waals surface area contributed by atoms with E-state index in [0.29, 0.717) is 21.5 Å². The molecule has 0 radical (unpaired) electrons. The van der Waals surface area contributed by atoms with Crippen molar-refractivity contribution in [2.45, 2.75) is 0 Å². The van der Waals surface area contributed by atoms with Gasteiger partial charge in [0.05, 0.1) is 16.6 Å². The number of ether oxygens (including phenoxy) is 1. The largest absolute Gasteiger partial charge is 0.507 e. The van der Waals surface area contributed by atoms with E-state index in [1.807, 2.05) is 23.6 Å². The van der Waals surface area contributed by atoms with Gasteiger partial charge >= 0.3 is 5.97 Å². The number of benzene rings is 2. The van der Waals surface area contributed by atoms with Crippen molar-refractivity contribution in [2.75, 3.05) is 6.61 Å². The number of carbonyl (C=O) groups excluding carboxylic acids is 1. The zero-order valence-electron chi connectivity index (χ0n) is 16.6. The molecule has 0 unspecified atom stereocenters. The summed E-state index contributed by atoms with van der Waals surface area (Å²) in [7, 11) is 0. The Labute approximate surface area is 186 Å². The Balaban J connectivity index is 1.58. The minimum Gasteiger partial charge on any atom is -0.507 e. The normalized spacial score (nSPS) is 12.3. The van der Waals surface area contributed by atoms with E-state index in [1.54, 1.807) is 42.5 Å². The molecule has 4 rings (SSSR count). The summed E-state index contributed by atoms with van der Waals surface area (Å²) in [6.07, 6.45) is 1.58. The maximum absolute atomic E-state index is 13.2. The van der Waals surface area contributed by atoms with Crippen molar-refractivity contribution in [1.29, 1.82) is 5.26 Å². The molecule has 0 saturated heterocycles. The minimum absolute atomic E-state index is 0.116. The molecular weight excluding hydrogens is 429 g/mol. The highest BCUT2D eigenvalue weighted by atomic mass is 32.1. The highest BCUT2D eigenvalue weighted by Gasteiger charge is 2.18. The van der Waals surface area contributed by atoms with E-state index in [-0.39, 0.29) is 22.8 Å². The molecule has 0 saturated carbocycles.